The molecule has 0 spiro atoms. The van der Waals surface area contributed by atoms with E-state index in [4.69, 9.17) is 4.74 Å². The smallest absolute Gasteiger partial charge is 0.253 e. The third-order valence-corrected chi connectivity index (χ3v) is 6.63. The molecule has 2 aliphatic rings. The third-order valence-electron chi connectivity index (χ3n) is 6.10. The Kier molecular flexibility index (Phi) is 8.31. The molecule has 3 amide bonds. The highest BCUT2D eigenvalue weighted by molar-refractivity contribution is 9.10. The highest BCUT2D eigenvalue weighted by atomic mass is 79.9. The van der Waals surface area contributed by atoms with Crippen LogP contribution in [-0.4, -0.2) is 68.6 Å². The normalized spacial score (nSPS) is 18.7. The fourth-order valence-electron chi connectivity index (χ4n) is 4.20. The SMILES string of the molecule is O=C(NCCCN1CCOCC1)c1ccccc1NC(=O)[C@H]1CC(=O)N(c2ccc(Br)cc2)C1. The van der Waals surface area contributed by atoms with E-state index in [0.717, 1.165) is 49.4 Å². The molecule has 2 fully saturated rings. The summed E-state index contributed by atoms with van der Waals surface area (Å²) in [5, 5.41) is 5.82. The molecule has 1 atom stereocenters. The van der Waals surface area contributed by atoms with Crippen molar-refractivity contribution < 1.29 is 19.1 Å². The number of benzene rings is 2. The van der Waals surface area contributed by atoms with Gasteiger partial charge in [0.15, 0.2) is 0 Å². The molecule has 34 heavy (non-hydrogen) atoms. The number of nitrogens with zero attached hydrogens (tertiary/aromatic N) is 2. The lowest BCUT2D eigenvalue weighted by molar-refractivity contribution is -0.122. The Morgan fingerprint density at radius 2 is 1.79 bits per heavy atom. The maximum atomic E-state index is 13.0. The van der Waals surface area contributed by atoms with Crippen LogP contribution in [0.2, 0.25) is 0 Å². The van der Waals surface area contributed by atoms with Crippen molar-refractivity contribution in [2.45, 2.75) is 12.8 Å². The zero-order valence-electron chi connectivity index (χ0n) is 19.0. The number of ether oxygens (including phenoxy) is 1. The Bertz CT molecular complexity index is 1020. The number of carbonyl (C=O) groups excluding carboxylic acids is 3. The maximum absolute atomic E-state index is 13.0. The first-order valence-corrected chi connectivity index (χ1v) is 12.3. The van der Waals surface area contributed by atoms with Crippen LogP contribution in [0.1, 0.15) is 23.2 Å². The fourth-order valence-corrected chi connectivity index (χ4v) is 4.47. The van der Waals surface area contributed by atoms with Gasteiger partial charge in [0.2, 0.25) is 11.8 Å². The number of amides is 3. The Morgan fingerprint density at radius 3 is 2.56 bits per heavy atom. The summed E-state index contributed by atoms with van der Waals surface area (Å²) in [4.78, 5) is 42.2. The van der Waals surface area contributed by atoms with Crippen molar-refractivity contribution in [2.24, 2.45) is 5.92 Å². The van der Waals surface area contributed by atoms with Crippen molar-refractivity contribution >= 4 is 45.0 Å². The van der Waals surface area contributed by atoms with E-state index < -0.39 is 5.92 Å². The monoisotopic (exact) mass is 528 g/mol. The molecule has 0 aromatic heterocycles. The molecule has 2 aromatic rings. The Labute approximate surface area is 207 Å². The molecule has 0 aliphatic carbocycles. The average molecular weight is 529 g/mol. The van der Waals surface area contributed by atoms with E-state index in [1.54, 1.807) is 29.2 Å². The second-order valence-electron chi connectivity index (χ2n) is 8.48. The predicted octanol–water partition coefficient (Wildman–Crippen LogP) is 2.89. The second kappa shape index (κ2) is 11.6. The molecule has 9 heteroatoms. The molecular weight excluding hydrogens is 500 g/mol. The third kappa shape index (κ3) is 6.22. The molecule has 8 nitrogen and oxygen atoms in total. The van der Waals surface area contributed by atoms with Crippen LogP contribution in [0.4, 0.5) is 11.4 Å². The molecule has 0 radical (unpaired) electrons. The van der Waals surface area contributed by atoms with Gasteiger partial charge in [-0.05, 0) is 49.4 Å². The van der Waals surface area contributed by atoms with Crippen LogP contribution >= 0.6 is 15.9 Å². The van der Waals surface area contributed by atoms with E-state index >= 15 is 0 Å². The van der Waals surface area contributed by atoms with E-state index in [1.165, 1.54) is 0 Å². The molecular formula is C25H29BrN4O4. The summed E-state index contributed by atoms with van der Waals surface area (Å²) in [6, 6.07) is 14.4. The Balaban J connectivity index is 1.31. The van der Waals surface area contributed by atoms with Gasteiger partial charge in [-0.25, -0.2) is 0 Å². The second-order valence-corrected chi connectivity index (χ2v) is 9.40. The average Bonchev–Trinajstić information content (AvgIpc) is 3.25. The summed E-state index contributed by atoms with van der Waals surface area (Å²) in [7, 11) is 0. The summed E-state index contributed by atoms with van der Waals surface area (Å²) < 4.78 is 6.28. The van der Waals surface area contributed by atoms with Gasteiger partial charge in [-0.15, -0.1) is 0 Å². The number of morpholine rings is 1. The molecule has 2 heterocycles. The lowest BCUT2D eigenvalue weighted by Gasteiger charge is -2.26. The lowest BCUT2D eigenvalue weighted by Crippen LogP contribution is -2.38. The van der Waals surface area contributed by atoms with Gasteiger partial charge in [-0.2, -0.15) is 0 Å². The fraction of sp³-hybridized carbons (Fsp3) is 0.400. The zero-order valence-corrected chi connectivity index (χ0v) is 20.6. The first-order chi connectivity index (χ1) is 16.5. The first-order valence-electron chi connectivity index (χ1n) is 11.6. The van der Waals surface area contributed by atoms with Gasteiger partial charge in [-0.3, -0.25) is 19.3 Å². The van der Waals surface area contributed by atoms with Gasteiger partial charge in [0.1, 0.15) is 0 Å². The molecule has 0 saturated carbocycles. The van der Waals surface area contributed by atoms with Crippen LogP contribution in [0.5, 0.6) is 0 Å². The molecule has 4 rings (SSSR count). The number of anilines is 2. The standard InChI is InChI=1S/C25H29BrN4O4/c26-19-6-8-20(9-7-19)30-17-18(16-23(30)31)24(32)28-22-5-2-1-4-21(22)25(33)27-10-3-11-29-12-14-34-15-13-29/h1-2,4-9,18H,3,10-17H2,(H,27,33)(H,28,32)/t18-/m0/s1. The first kappa shape index (κ1) is 24.4. The summed E-state index contributed by atoms with van der Waals surface area (Å²) in [6.07, 6.45) is 0.980. The van der Waals surface area contributed by atoms with Crippen molar-refractivity contribution in [1.29, 1.82) is 0 Å². The molecule has 0 unspecified atom stereocenters. The van der Waals surface area contributed by atoms with Crippen LogP contribution in [0.3, 0.4) is 0 Å². The minimum absolute atomic E-state index is 0.0891. The molecule has 0 bridgehead atoms. The van der Waals surface area contributed by atoms with Crippen molar-refractivity contribution in [2.75, 3.05) is 56.2 Å². The van der Waals surface area contributed by atoms with Gasteiger partial charge in [0.25, 0.3) is 5.91 Å². The molecule has 2 N–H and O–H groups in total. The lowest BCUT2D eigenvalue weighted by atomic mass is 10.1. The minimum Gasteiger partial charge on any atom is -0.379 e. The minimum atomic E-state index is -0.485. The van der Waals surface area contributed by atoms with Crippen LogP contribution in [0, 0.1) is 5.92 Å². The van der Waals surface area contributed by atoms with Crippen molar-refractivity contribution in [3.8, 4) is 0 Å². The van der Waals surface area contributed by atoms with E-state index in [1.807, 2.05) is 24.3 Å². The largest absolute Gasteiger partial charge is 0.379 e. The summed E-state index contributed by atoms with van der Waals surface area (Å²) >= 11 is 3.39. The Morgan fingerprint density at radius 1 is 1.06 bits per heavy atom. The number of hydrogen-bond acceptors (Lipinski definition) is 5. The number of para-hydroxylation sites is 1. The molecule has 2 aromatic carbocycles. The van der Waals surface area contributed by atoms with Crippen molar-refractivity contribution in [3.05, 3.63) is 58.6 Å². The highest BCUT2D eigenvalue weighted by Gasteiger charge is 2.35. The van der Waals surface area contributed by atoms with Crippen LogP contribution in [-0.2, 0) is 14.3 Å². The summed E-state index contributed by atoms with van der Waals surface area (Å²) in [5.41, 5.74) is 1.63. The molecule has 2 saturated heterocycles. The van der Waals surface area contributed by atoms with Gasteiger partial charge in [0.05, 0.1) is 30.4 Å². The summed E-state index contributed by atoms with van der Waals surface area (Å²) in [5.74, 6) is -1.06. The van der Waals surface area contributed by atoms with Crippen molar-refractivity contribution in [1.82, 2.24) is 10.2 Å². The van der Waals surface area contributed by atoms with E-state index in [9.17, 15) is 14.4 Å². The van der Waals surface area contributed by atoms with E-state index in [2.05, 4.69) is 31.5 Å². The molecule has 2 aliphatic heterocycles. The highest BCUT2D eigenvalue weighted by Crippen LogP contribution is 2.27. The van der Waals surface area contributed by atoms with Gasteiger partial charge in [0, 0.05) is 42.8 Å². The van der Waals surface area contributed by atoms with Crippen molar-refractivity contribution in [3.63, 3.8) is 0 Å². The topological polar surface area (TPSA) is 91.0 Å². The number of hydrogen-bond donors (Lipinski definition) is 2. The van der Waals surface area contributed by atoms with Gasteiger partial charge in [-0.1, -0.05) is 28.1 Å². The van der Waals surface area contributed by atoms with Gasteiger partial charge >= 0.3 is 0 Å². The number of nitrogens with one attached hydrogen (secondary N) is 2. The number of carbonyl (C=O) groups is 3. The summed E-state index contributed by atoms with van der Waals surface area (Å²) in [6.45, 7) is 5.13. The quantitative estimate of drug-likeness (QED) is 0.514. The van der Waals surface area contributed by atoms with Gasteiger partial charge < -0.3 is 20.3 Å². The van der Waals surface area contributed by atoms with E-state index in [0.29, 0.717) is 24.3 Å². The van der Waals surface area contributed by atoms with E-state index in [-0.39, 0.29) is 24.1 Å². The number of rotatable bonds is 8. The Hall–Kier alpha value is -2.75. The number of halogens is 1. The van der Waals surface area contributed by atoms with Crippen LogP contribution < -0.4 is 15.5 Å². The maximum Gasteiger partial charge on any atom is 0.253 e. The van der Waals surface area contributed by atoms with Crippen LogP contribution in [0.25, 0.3) is 0 Å². The zero-order chi connectivity index (χ0) is 23.9. The predicted molar refractivity (Wildman–Crippen MR) is 134 cm³/mol. The van der Waals surface area contributed by atoms with Crippen LogP contribution in [0.15, 0.2) is 53.0 Å². The molecule has 180 valence electrons.